The van der Waals surface area contributed by atoms with Gasteiger partial charge in [-0.2, -0.15) is 0 Å². The molecule has 38 heavy (non-hydrogen) atoms. The number of nitrogens with zero attached hydrogens (tertiary/aromatic N) is 6. The molecule has 0 aromatic carbocycles. The van der Waals surface area contributed by atoms with Gasteiger partial charge in [-0.1, -0.05) is 36.4 Å². The molecule has 0 aliphatic carbocycles. The van der Waals surface area contributed by atoms with Crippen LogP contribution in [-0.2, 0) is 25.7 Å². The lowest BCUT2D eigenvalue weighted by Gasteiger charge is -2.22. The van der Waals surface area contributed by atoms with Crippen LogP contribution in [0.25, 0.3) is 0 Å². The van der Waals surface area contributed by atoms with Gasteiger partial charge in [0.1, 0.15) is 0 Å². The van der Waals surface area contributed by atoms with Gasteiger partial charge in [0.2, 0.25) is 0 Å². The average molecular weight is 507 g/mol. The van der Waals surface area contributed by atoms with Gasteiger partial charge in [-0.25, -0.2) is 0 Å². The number of aromatic nitrogens is 4. The van der Waals surface area contributed by atoms with E-state index in [0.29, 0.717) is 0 Å². The van der Waals surface area contributed by atoms with Gasteiger partial charge in [-0.05, 0) is 48.5 Å². The molecule has 0 bridgehead atoms. The maximum Gasteiger partial charge on any atom is 0.0416 e. The van der Waals surface area contributed by atoms with Crippen LogP contribution >= 0.6 is 0 Å². The van der Waals surface area contributed by atoms with Crippen molar-refractivity contribution in [1.29, 1.82) is 0 Å². The molecule has 0 N–H and O–H groups in total. The van der Waals surface area contributed by atoms with E-state index in [0.717, 1.165) is 87.7 Å². The van der Waals surface area contributed by atoms with Crippen LogP contribution in [0.4, 0.5) is 0 Å². The zero-order valence-corrected chi connectivity index (χ0v) is 22.1. The number of hydrogen-bond acceptors (Lipinski definition) is 6. The molecule has 0 fully saturated rings. The molecule has 0 amide bonds. The molecule has 0 saturated heterocycles. The number of rotatable bonds is 16. The summed E-state index contributed by atoms with van der Waals surface area (Å²) in [6.07, 6.45) is 15.9. The van der Waals surface area contributed by atoms with E-state index in [-0.39, 0.29) is 0 Å². The fourth-order valence-electron chi connectivity index (χ4n) is 4.31. The first-order valence-electron chi connectivity index (χ1n) is 13.5. The highest BCUT2D eigenvalue weighted by Crippen LogP contribution is 2.04. The monoisotopic (exact) mass is 506 g/mol. The van der Waals surface area contributed by atoms with Crippen molar-refractivity contribution < 1.29 is 0 Å². The largest absolute Gasteiger partial charge is 0.299 e. The molecule has 4 aromatic rings. The summed E-state index contributed by atoms with van der Waals surface area (Å²) in [4.78, 5) is 23.0. The van der Waals surface area contributed by atoms with Gasteiger partial charge in [0, 0.05) is 113 Å². The Hall–Kier alpha value is -3.74. The standard InChI is InChI=1S/C32H38N6/c1-5-19-33-29(11-1)15-25-37(26-16-30-12-2-6-20-34-30)23-9-10-24-38(27-17-31-13-3-7-21-35-31)28-18-32-14-4-8-22-36-32/h1-14,19-22H,15-18,23-28H2/b10-9-. The van der Waals surface area contributed by atoms with Crippen LogP contribution in [-0.4, -0.2) is 69.0 Å². The Morgan fingerprint density at radius 3 is 0.947 bits per heavy atom. The highest BCUT2D eigenvalue weighted by molar-refractivity contribution is 5.07. The molecule has 0 unspecified atom stereocenters. The molecule has 0 radical (unpaired) electrons. The molecule has 4 heterocycles. The van der Waals surface area contributed by atoms with Crippen molar-refractivity contribution in [3.8, 4) is 0 Å². The first kappa shape index (κ1) is 27.3. The van der Waals surface area contributed by atoms with Crippen LogP contribution in [0.2, 0.25) is 0 Å². The third-order valence-corrected chi connectivity index (χ3v) is 6.54. The summed E-state index contributed by atoms with van der Waals surface area (Å²) in [7, 11) is 0. The van der Waals surface area contributed by atoms with E-state index in [1.807, 2.05) is 49.1 Å². The predicted molar refractivity (Wildman–Crippen MR) is 154 cm³/mol. The molecular formula is C32H38N6. The Morgan fingerprint density at radius 1 is 0.421 bits per heavy atom. The maximum absolute atomic E-state index is 4.51. The summed E-state index contributed by atoms with van der Waals surface area (Å²) in [6, 6.07) is 24.5. The summed E-state index contributed by atoms with van der Waals surface area (Å²) in [6.45, 7) is 5.70. The summed E-state index contributed by atoms with van der Waals surface area (Å²) >= 11 is 0. The van der Waals surface area contributed by atoms with Crippen molar-refractivity contribution in [2.75, 3.05) is 39.3 Å². The van der Waals surface area contributed by atoms with Crippen molar-refractivity contribution in [3.63, 3.8) is 0 Å². The molecular weight excluding hydrogens is 468 g/mol. The highest BCUT2D eigenvalue weighted by atomic mass is 15.1. The number of pyridine rings is 4. The topological polar surface area (TPSA) is 58.0 Å². The Kier molecular flexibility index (Phi) is 11.6. The van der Waals surface area contributed by atoms with Crippen LogP contribution in [0.1, 0.15) is 22.8 Å². The van der Waals surface area contributed by atoms with Gasteiger partial charge >= 0.3 is 0 Å². The lowest BCUT2D eigenvalue weighted by Crippen LogP contribution is -2.30. The molecule has 0 saturated carbocycles. The van der Waals surface area contributed by atoms with Gasteiger partial charge in [-0.15, -0.1) is 0 Å². The number of hydrogen-bond donors (Lipinski definition) is 0. The summed E-state index contributed by atoms with van der Waals surface area (Å²) in [5.74, 6) is 0. The summed E-state index contributed by atoms with van der Waals surface area (Å²) in [5.41, 5.74) is 4.54. The molecule has 4 rings (SSSR count). The summed E-state index contributed by atoms with van der Waals surface area (Å²) < 4.78 is 0. The average Bonchev–Trinajstić information content (AvgIpc) is 2.99. The zero-order chi connectivity index (χ0) is 26.1. The Balaban J connectivity index is 1.32. The molecule has 6 heteroatoms. The minimum Gasteiger partial charge on any atom is -0.299 e. The van der Waals surface area contributed by atoms with Crippen molar-refractivity contribution in [2.45, 2.75) is 25.7 Å². The van der Waals surface area contributed by atoms with Crippen molar-refractivity contribution in [2.24, 2.45) is 0 Å². The predicted octanol–water partition coefficient (Wildman–Crippen LogP) is 4.70. The van der Waals surface area contributed by atoms with Gasteiger partial charge in [0.25, 0.3) is 0 Å². The fraction of sp³-hybridized carbons (Fsp3) is 0.312. The van der Waals surface area contributed by atoms with E-state index >= 15 is 0 Å². The lowest BCUT2D eigenvalue weighted by molar-refractivity contribution is 0.300. The second-order valence-electron chi connectivity index (χ2n) is 9.36. The molecule has 0 aliphatic rings. The van der Waals surface area contributed by atoms with Crippen LogP contribution in [0.15, 0.2) is 110 Å². The van der Waals surface area contributed by atoms with Crippen molar-refractivity contribution in [1.82, 2.24) is 29.7 Å². The van der Waals surface area contributed by atoms with E-state index in [4.69, 9.17) is 0 Å². The van der Waals surface area contributed by atoms with Gasteiger partial charge in [0.15, 0.2) is 0 Å². The smallest absolute Gasteiger partial charge is 0.0416 e. The molecule has 6 nitrogen and oxygen atoms in total. The Labute approximate surface area is 227 Å². The van der Waals surface area contributed by atoms with E-state index in [1.165, 1.54) is 0 Å². The first-order chi connectivity index (χ1) is 18.8. The Bertz CT molecular complexity index is 988. The minimum atomic E-state index is 0.911. The molecule has 196 valence electrons. The molecule has 0 spiro atoms. The van der Waals surface area contributed by atoms with Gasteiger partial charge in [-0.3, -0.25) is 29.7 Å². The van der Waals surface area contributed by atoms with Crippen LogP contribution < -0.4 is 0 Å². The SMILES string of the molecule is C(=C/CN(CCc1ccccn1)CCc1ccccn1)/CN(CCc1ccccn1)CCc1ccccn1. The summed E-state index contributed by atoms with van der Waals surface area (Å²) in [5, 5.41) is 0. The third kappa shape index (κ3) is 10.3. The lowest BCUT2D eigenvalue weighted by atomic mass is 10.2. The Morgan fingerprint density at radius 2 is 0.711 bits per heavy atom. The zero-order valence-electron chi connectivity index (χ0n) is 22.1. The van der Waals surface area contributed by atoms with Crippen LogP contribution in [0.5, 0.6) is 0 Å². The van der Waals surface area contributed by atoms with E-state index < -0.39 is 0 Å². The second-order valence-corrected chi connectivity index (χ2v) is 9.36. The third-order valence-electron chi connectivity index (χ3n) is 6.54. The molecule has 0 aliphatic heterocycles. The molecule has 0 atom stereocenters. The maximum atomic E-state index is 4.51. The van der Waals surface area contributed by atoms with E-state index in [1.54, 1.807) is 0 Å². The normalized spacial score (nSPS) is 11.5. The molecule has 4 aromatic heterocycles. The van der Waals surface area contributed by atoms with E-state index in [9.17, 15) is 0 Å². The van der Waals surface area contributed by atoms with Gasteiger partial charge in [0.05, 0.1) is 0 Å². The van der Waals surface area contributed by atoms with Crippen LogP contribution in [0, 0.1) is 0 Å². The highest BCUT2D eigenvalue weighted by Gasteiger charge is 2.08. The first-order valence-corrected chi connectivity index (χ1v) is 13.5. The fourth-order valence-corrected chi connectivity index (χ4v) is 4.31. The van der Waals surface area contributed by atoms with Crippen molar-refractivity contribution in [3.05, 3.63) is 133 Å². The van der Waals surface area contributed by atoms with E-state index in [2.05, 4.69) is 90.4 Å². The minimum absolute atomic E-state index is 0.911. The quantitative estimate of drug-likeness (QED) is 0.205. The van der Waals surface area contributed by atoms with Gasteiger partial charge < -0.3 is 0 Å². The second kappa shape index (κ2) is 16.2. The van der Waals surface area contributed by atoms with Crippen molar-refractivity contribution >= 4 is 0 Å². The van der Waals surface area contributed by atoms with Crippen LogP contribution in [0.3, 0.4) is 0 Å².